The molecule has 0 atom stereocenters. The first kappa shape index (κ1) is 11.6. The first-order chi connectivity index (χ1) is 9.33. The summed E-state index contributed by atoms with van der Waals surface area (Å²) in [5.74, 6) is 0. The van der Waals surface area contributed by atoms with Crippen molar-refractivity contribution < 1.29 is 5.11 Å². The normalized spacial score (nSPS) is 10.8. The van der Waals surface area contributed by atoms with Gasteiger partial charge in [-0.2, -0.15) is 4.80 Å². The SMILES string of the molecule is C=Cc1cccc(-n2nc3ccccc3n2)c1CO. The maximum absolute atomic E-state index is 9.55. The van der Waals surface area contributed by atoms with E-state index in [-0.39, 0.29) is 6.61 Å². The van der Waals surface area contributed by atoms with Gasteiger partial charge in [-0.05, 0) is 23.8 Å². The summed E-state index contributed by atoms with van der Waals surface area (Å²) in [6.07, 6.45) is 1.72. The van der Waals surface area contributed by atoms with Crippen LogP contribution in [0.15, 0.2) is 49.0 Å². The van der Waals surface area contributed by atoms with Gasteiger partial charge in [0.15, 0.2) is 0 Å². The lowest BCUT2D eigenvalue weighted by molar-refractivity contribution is 0.281. The molecule has 2 aromatic carbocycles. The van der Waals surface area contributed by atoms with Gasteiger partial charge in [0.1, 0.15) is 11.0 Å². The van der Waals surface area contributed by atoms with Crippen molar-refractivity contribution in [3.63, 3.8) is 0 Å². The van der Waals surface area contributed by atoms with Gasteiger partial charge in [-0.3, -0.25) is 0 Å². The molecule has 0 radical (unpaired) electrons. The predicted octanol–water partition coefficient (Wildman–Crippen LogP) is 2.56. The van der Waals surface area contributed by atoms with Gasteiger partial charge < -0.3 is 5.11 Å². The first-order valence-electron chi connectivity index (χ1n) is 6.01. The Kier molecular flexibility index (Phi) is 2.85. The van der Waals surface area contributed by atoms with Crippen molar-refractivity contribution in [2.75, 3.05) is 0 Å². The third kappa shape index (κ3) is 1.92. The van der Waals surface area contributed by atoms with Crippen LogP contribution in [0.5, 0.6) is 0 Å². The fourth-order valence-corrected chi connectivity index (χ4v) is 2.11. The standard InChI is InChI=1S/C15H13N3O/c1-2-11-6-5-9-15(12(11)10-19)18-16-13-7-3-4-8-14(13)17-18/h2-9,19H,1,10H2. The largest absolute Gasteiger partial charge is 0.392 e. The van der Waals surface area contributed by atoms with Crippen molar-refractivity contribution in [2.24, 2.45) is 0 Å². The minimum Gasteiger partial charge on any atom is -0.392 e. The molecule has 0 saturated heterocycles. The van der Waals surface area contributed by atoms with Gasteiger partial charge in [-0.25, -0.2) is 0 Å². The highest BCUT2D eigenvalue weighted by atomic mass is 16.3. The molecular formula is C15H13N3O. The second-order valence-corrected chi connectivity index (χ2v) is 4.19. The number of nitrogens with zero attached hydrogens (tertiary/aromatic N) is 3. The predicted molar refractivity (Wildman–Crippen MR) is 74.9 cm³/mol. The first-order valence-corrected chi connectivity index (χ1v) is 6.01. The van der Waals surface area contributed by atoms with Crippen LogP contribution in [0.3, 0.4) is 0 Å². The summed E-state index contributed by atoms with van der Waals surface area (Å²) in [5.41, 5.74) is 4.10. The average molecular weight is 251 g/mol. The lowest BCUT2D eigenvalue weighted by atomic mass is 10.1. The molecule has 0 spiro atoms. The van der Waals surface area contributed by atoms with Gasteiger partial charge in [0, 0.05) is 5.56 Å². The van der Waals surface area contributed by atoms with Gasteiger partial charge in [0.05, 0.1) is 12.3 Å². The molecule has 0 fully saturated rings. The van der Waals surface area contributed by atoms with Crippen LogP contribution in [0, 0.1) is 0 Å². The van der Waals surface area contributed by atoms with E-state index < -0.39 is 0 Å². The van der Waals surface area contributed by atoms with Crippen molar-refractivity contribution >= 4 is 17.1 Å². The Morgan fingerprint density at radius 3 is 2.32 bits per heavy atom. The Bertz CT molecular complexity index is 713. The highest BCUT2D eigenvalue weighted by molar-refractivity contribution is 5.73. The second-order valence-electron chi connectivity index (χ2n) is 4.19. The number of rotatable bonds is 3. The number of aromatic nitrogens is 3. The highest BCUT2D eigenvalue weighted by Crippen LogP contribution is 2.20. The monoisotopic (exact) mass is 251 g/mol. The van der Waals surface area contributed by atoms with Gasteiger partial charge in [0.2, 0.25) is 0 Å². The van der Waals surface area contributed by atoms with Crippen molar-refractivity contribution in [1.29, 1.82) is 0 Å². The van der Waals surface area contributed by atoms with Crippen LogP contribution < -0.4 is 0 Å². The van der Waals surface area contributed by atoms with Crippen LogP contribution in [0.4, 0.5) is 0 Å². The van der Waals surface area contributed by atoms with Gasteiger partial charge in [-0.15, -0.1) is 10.2 Å². The number of benzene rings is 2. The lowest BCUT2D eigenvalue weighted by Crippen LogP contribution is -2.04. The number of fused-ring (bicyclic) bond motifs is 1. The molecule has 0 unspecified atom stereocenters. The Labute approximate surface area is 110 Å². The van der Waals surface area contributed by atoms with E-state index in [9.17, 15) is 5.11 Å². The summed E-state index contributed by atoms with van der Waals surface area (Å²) in [7, 11) is 0. The van der Waals surface area contributed by atoms with E-state index in [1.54, 1.807) is 10.9 Å². The van der Waals surface area contributed by atoms with Gasteiger partial charge in [0.25, 0.3) is 0 Å². The Hall–Kier alpha value is -2.46. The van der Waals surface area contributed by atoms with Crippen LogP contribution in [0.2, 0.25) is 0 Å². The second kappa shape index (κ2) is 4.66. The van der Waals surface area contributed by atoms with Crippen LogP contribution in [0.1, 0.15) is 11.1 Å². The maximum atomic E-state index is 9.55. The third-order valence-electron chi connectivity index (χ3n) is 3.07. The summed E-state index contributed by atoms with van der Waals surface area (Å²) in [5, 5.41) is 18.4. The fourth-order valence-electron chi connectivity index (χ4n) is 2.11. The van der Waals surface area contributed by atoms with E-state index in [1.807, 2.05) is 42.5 Å². The molecule has 1 heterocycles. The van der Waals surface area contributed by atoms with Crippen LogP contribution in [-0.4, -0.2) is 20.1 Å². The topological polar surface area (TPSA) is 50.9 Å². The van der Waals surface area contributed by atoms with E-state index in [0.717, 1.165) is 27.8 Å². The molecule has 1 aromatic heterocycles. The smallest absolute Gasteiger partial charge is 0.113 e. The molecule has 0 amide bonds. The number of aliphatic hydroxyl groups excluding tert-OH is 1. The van der Waals surface area contributed by atoms with Crippen molar-refractivity contribution in [1.82, 2.24) is 15.0 Å². The molecule has 0 bridgehead atoms. The third-order valence-corrected chi connectivity index (χ3v) is 3.07. The van der Waals surface area contributed by atoms with Crippen molar-refractivity contribution in [3.05, 3.63) is 60.2 Å². The molecule has 94 valence electrons. The van der Waals surface area contributed by atoms with E-state index in [4.69, 9.17) is 0 Å². The zero-order valence-electron chi connectivity index (χ0n) is 10.3. The molecule has 0 aliphatic carbocycles. The van der Waals surface area contributed by atoms with Gasteiger partial charge >= 0.3 is 0 Å². The van der Waals surface area contributed by atoms with E-state index >= 15 is 0 Å². The molecule has 4 nitrogen and oxygen atoms in total. The molecule has 0 aliphatic rings. The number of hydrogen-bond acceptors (Lipinski definition) is 3. The summed E-state index contributed by atoms with van der Waals surface area (Å²) < 4.78 is 0. The van der Waals surface area contributed by atoms with Crippen LogP contribution in [-0.2, 0) is 6.61 Å². The quantitative estimate of drug-likeness (QED) is 0.778. The minimum absolute atomic E-state index is 0.0740. The Balaban J connectivity index is 2.23. The zero-order chi connectivity index (χ0) is 13.2. The molecule has 0 aliphatic heterocycles. The van der Waals surface area contributed by atoms with Crippen molar-refractivity contribution in [3.8, 4) is 5.69 Å². The summed E-state index contributed by atoms with van der Waals surface area (Å²) >= 11 is 0. The number of aliphatic hydroxyl groups is 1. The number of hydrogen-bond donors (Lipinski definition) is 1. The highest BCUT2D eigenvalue weighted by Gasteiger charge is 2.10. The Morgan fingerprint density at radius 1 is 1.05 bits per heavy atom. The van der Waals surface area contributed by atoms with E-state index in [0.29, 0.717) is 0 Å². The lowest BCUT2D eigenvalue weighted by Gasteiger charge is -2.08. The molecule has 0 saturated carbocycles. The molecule has 3 aromatic rings. The Morgan fingerprint density at radius 2 is 1.74 bits per heavy atom. The van der Waals surface area contributed by atoms with E-state index in [1.165, 1.54) is 0 Å². The fraction of sp³-hybridized carbons (Fsp3) is 0.0667. The van der Waals surface area contributed by atoms with E-state index in [2.05, 4.69) is 16.8 Å². The molecular weight excluding hydrogens is 238 g/mol. The van der Waals surface area contributed by atoms with Gasteiger partial charge in [-0.1, -0.05) is 36.9 Å². The van der Waals surface area contributed by atoms with Crippen molar-refractivity contribution in [2.45, 2.75) is 6.61 Å². The van der Waals surface area contributed by atoms with Crippen LogP contribution in [0.25, 0.3) is 22.8 Å². The summed E-state index contributed by atoms with van der Waals surface area (Å²) in [6, 6.07) is 13.4. The summed E-state index contributed by atoms with van der Waals surface area (Å²) in [6.45, 7) is 3.68. The molecule has 3 rings (SSSR count). The average Bonchev–Trinajstić information content (AvgIpc) is 2.89. The van der Waals surface area contributed by atoms with Crippen LogP contribution >= 0.6 is 0 Å². The minimum atomic E-state index is -0.0740. The molecule has 19 heavy (non-hydrogen) atoms. The zero-order valence-corrected chi connectivity index (χ0v) is 10.3. The summed E-state index contributed by atoms with van der Waals surface area (Å²) in [4.78, 5) is 1.56. The molecule has 4 heteroatoms. The molecule has 1 N–H and O–H groups in total. The maximum Gasteiger partial charge on any atom is 0.113 e.